The smallest absolute Gasteiger partial charge is 0.338 e. The first-order chi connectivity index (χ1) is 17.3. The predicted octanol–water partition coefficient (Wildman–Crippen LogP) is 1.95. The quantitative estimate of drug-likeness (QED) is 0.622. The summed E-state index contributed by atoms with van der Waals surface area (Å²) in [4.78, 5) is 52.2. The summed E-state index contributed by atoms with van der Waals surface area (Å²) in [7, 11) is 2.69. The van der Waals surface area contributed by atoms with Gasteiger partial charge in [-0.05, 0) is 43.7 Å². The minimum absolute atomic E-state index is 0.159. The van der Waals surface area contributed by atoms with Crippen LogP contribution in [0.4, 0.5) is 0 Å². The van der Waals surface area contributed by atoms with Crippen LogP contribution < -0.4 is 20.1 Å². The van der Waals surface area contributed by atoms with Crippen LogP contribution in [-0.2, 0) is 9.53 Å². The van der Waals surface area contributed by atoms with Gasteiger partial charge in [-0.1, -0.05) is 11.6 Å². The van der Waals surface area contributed by atoms with Gasteiger partial charge >= 0.3 is 5.97 Å². The number of aryl methyl sites for hydroxylation is 1. The van der Waals surface area contributed by atoms with Crippen LogP contribution in [-0.4, -0.2) is 75.6 Å². The first-order valence-corrected chi connectivity index (χ1v) is 11.7. The third-order valence-corrected chi connectivity index (χ3v) is 5.66. The number of nitrogens with zero attached hydrogens (tertiary/aromatic N) is 1. The zero-order chi connectivity index (χ0) is 26.1. The van der Waals surface area contributed by atoms with Gasteiger partial charge in [-0.15, -0.1) is 0 Å². The van der Waals surface area contributed by atoms with Crippen LogP contribution in [0.2, 0.25) is 0 Å². The van der Waals surface area contributed by atoms with Crippen molar-refractivity contribution in [2.24, 2.45) is 0 Å². The second-order valence-electron chi connectivity index (χ2n) is 8.29. The van der Waals surface area contributed by atoms with Gasteiger partial charge in [0.1, 0.15) is 18.1 Å². The van der Waals surface area contributed by atoms with Crippen molar-refractivity contribution in [3.8, 4) is 11.5 Å². The highest BCUT2D eigenvalue weighted by Crippen LogP contribution is 2.21. The van der Waals surface area contributed by atoms with Crippen molar-refractivity contribution in [3.05, 3.63) is 58.7 Å². The monoisotopic (exact) mass is 497 g/mol. The van der Waals surface area contributed by atoms with Crippen LogP contribution in [0, 0.1) is 6.92 Å². The van der Waals surface area contributed by atoms with E-state index in [4.69, 9.17) is 14.2 Å². The predicted molar refractivity (Wildman–Crippen MR) is 131 cm³/mol. The van der Waals surface area contributed by atoms with Crippen LogP contribution >= 0.6 is 0 Å². The molecule has 2 N–H and O–H groups in total. The van der Waals surface area contributed by atoms with Crippen LogP contribution in [0.5, 0.6) is 11.5 Å². The third-order valence-electron chi connectivity index (χ3n) is 5.66. The molecule has 0 aliphatic carbocycles. The third kappa shape index (κ3) is 6.97. The Bertz CT molecular complexity index is 1130. The Morgan fingerprint density at radius 3 is 2.50 bits per heavy atom. The summed E-state index contributed by atoms with van der Waals surface area (Å²) in [6.45, 7) is 3.03. The second-order valence-corrected chi connectivity index (χ2v) is 8.29. The van der Waals surface area contributed by atoms with E-state index in [1.807, 2.05) is 13.0 Å². The molecule has 0 bridgehead atoms. The van der Waals surface area contributed by atoms with Gasteiger partial charge in [0.15, 0.2) is 0 Å². The molecule has 3 rings (SSSR count). The van der Waals surface area contributed by atoms with Crippen molar-refractivity contribution < 1.29 is 33.4 Å². The van der Waals surface area contributed by atoms with Crippen LogP contribution in [0.25, 0.3) is 0 Å². The average Bonchev–Trinajstić information content (AvgIpc) is 2.89. The van der Waals surface area contributed by atoms with Crippen molar-refractivity contribution in [2.75, 3.05) is 47.0 Å². The van der Waals surface area contributed by atoms with Crippen molar-refractivity contribution in [1.29, 1.82) is 0 Å². The normalized spacial score (nSPS) is 15.2. The number of carbonyl (C=O) groups excluding carboxylic acids is 4. The van der Waals surface area contributed by atoms with Gasteiger partial charge in [0.2, 0.25) is 5.91 Å². The summed E-state index contributed by atoms with van der Waals surface area (Å²) in [6, 6.07) is 9.76. The number of benzene rings is 2. The van der Waals surface area contributed by atoms with Gasteiger partial charge in [0, 0.05) is 31.6 Å². The van der Waals surface area contributed by atoms with Gasteiger partial charge in [0.05, 0.1) is 31.9 Å². The van der Waals surface area contributed by atoms with E-state index < -0.39 is 5.97 Å². The van der Waals surface area contributed by atoms with Gasteiger partial charge < -0.3 is 29.7 Å². The molecule has 10 heteroatoms. The van der Waals surface area contributed by atoms with E-state index in [-0.39, 0.29) is 68.1 Å². The lowest BCUT2D eigenvalue weighted by atomic mass is 10.1. The lowest BCUT2D eigenvalue weighted by Gasteiger charge is -2.23. The maximum atomic E-state index is 13.4. The average molecular weight is 498 g/mol. The molecule has 0 aromatic heterocycles. The summed E-state index contributed by atoms with van der Waals surface area (Å²) in [5, 5.41) is 5.63. The minimum atomic E-state index is -0.597. The van der Waals surface area contributed by atoms with E-state index in [1.165, 1.54) is 37.3 Å². The topological polar surface area (TPSA) is 123 Å². The van der Waals surface area contributed by atoms with Crippen molar-refractivity contribution in [1.82, 2.24) is 15.5 Å². The second kappa shape index (κ2) is 12.6. The van der Waals surface area contributed by atoms with Crippen LogP contribution in [0.3, 0.4) is 0 Å². The number of hydrogen-bond donors (Lipinski definition) is 2. The fourth-order valence-electron chi connectivity index (χ4n) is 3.79. The molecule has 0 saturated heterocycles. The molecule has 0 fully saturated rings. The molecule has 192 valence electrons. The zero-order valence-corrected chi connectivity index (χ0v) is 20.7. The Balaban J connectivity index is 1.84. The van der Waals surface area contributed by atoms with Crippen molar-refractivity contribution >= 4 is 23.7 Å². The molecule has 1 aliphatic heterocycles. The number of hydrogen-bond acceptors (Lipinski definition) is 7. The molecule has 0 unspecified atom stereocenters. The van der Waals surface area contributed by atoms with Gasteiger partial charge in [-0.25, -0.2) is 4.79 Å². The SMILES string of the molecule is COC(=O)c1cc(OC)cc(C(=O)N2CCCC(=O)NCCOc3ccc(C)cc3C(=O)NCC2)c1. The lowest BCUT2D eigenvalue weighted by Crippen LogP contribution is -2.39. The summed E-state index contributed by atoms with van der Waals surface area (Å²) in [6.07, 6.45) is 0.636. The highest BCUT2D eigenvalue weighted by molar-refractivity contribution is 5.99. The van der Waals surface area contributed by atoms with Crippen LogP contribution in [0.1, 0.15) is 49.5 Å². The summed E-state index contributed by atoms with van der Waals surface area (Å²) in [5.41, 5.74) is 1.69. The van der Waals surface area contributed by atoms with Gasteiger partial charge in [-0.3, -0.25) is 14.4 Å². The Morgan fingerprint density at radius 1 is 0.972 bits per heavy atom. The van der Waals surface area contributed by atoms with E-state index in [0.717, 1.165) is 5.56 Å². The standard InChI is InChI=1S/C26H31N3O7/c1-17-6-7-22-21(13-17)24(31)28-8-11-29(10-4-5-23(30)27-9-12-36-22)25(32)18-14-19(26(33)35-3)16-20(15-18)34-2/h6-7,13-16H,4-5,8-12H2,1-3H3,(H,27,30)(H,28,31). The van der Waals surface area contributed by atoms with E-state index in [1.54, 1.807) is 12.1 Å². The molecule has 1 heterocycles. The largest absolute Gasteiger partial charge is 0.497 e. The molecule has 0 radical (unpaired) electrons. The van der Waals surface area contributed by atoms with E-state index in [0.29, 0.717) is 23.5 Å². The Morgan fingerprint density at radius 2 is 1.75 bits per heavy atom. The number of methoxy groups -OCH3 is 2. The molecular formula is C26H31N3O7. The number of carbonyl (C=O) groups is 4. The van der Waals surface area contributed by atoms with Gasteiger partial charge in [-0.2, -0.15) is 0 Å². The molecule has 0 spiro atoms. The molecule has 0 saturated carbocycles. The number of rotatable bonds is 3. The number of fused-ring (bicyclic) bond motifs is 1. The van der Waals surface area contributed by atoms with Crippen LogP contribution in [0.15, 0.2) is 36.4 Å². The van der Waals surface area contributed by atoms with E-state index >= 15 is 0 Å². The van der Waals surface area contributed by atoms with E-state index in [9.17, 15) is 19.2 Å². The molecule has 2 aromatic rings. The van der Waals surface area contributed by atoms with Crippen molar-refractivity contribution in [3.63, 3.8) is 0 Å². The maximum Gasteiger partial charge on any atom is 0.338 e. The lowest BCUT2D eigenvalue weighted by molar-refractivity contribution is -0.121. The molecule has 3 amide bonds. The molecule has 0 atom stereocenters. The molecule has 10 nitrogen and oxygen atoms in total. The summed E-state index contributed by atoms with van der Waals surface area (Å²) < 4.78 is 15.8. The first kappa shape index (κ1) is 26.5. The first-order valence-electron chi connectivity index (χ1n) is 11.7. The highest BCUT2D eigenvalue weighted by atomic mass is 16.5. The highest BCUT2D eigenvalue weighted by Gasteiger charge is 2.21. The Hall–Kier alpha value is -4.08. The summed E-state index contributed by atoms with van der Waals surface area (Å²) >= 11 is 0. The Kier molecular flexibility index (Phi) is 9.26. The number of nitrogens with one attached hydrogen (secondary N) is 2. The fraction of sp³-hybridized carbons (Fsp3) is 0.385. The maximum absolute atomic E-state index is 13.4. The fourth-order valence-corrected chi connectivity index (χ4v) is 3.79. The zero-order valence-electron chi connectivity index (χ0n) is 20.7. The van der Waals surface area contributed by atoms with Gasteiger partial charge in [0.25, 0.3) is 11.8 Å². The molecule has 36 heavy (non-hydrogen) atoms. The summed E-state index contributed by atoms with van der Waals surface area (Å²) in [5.74, 6) is -0.693. The number of ether oxygens (including phenoxy) is 3. The van der Waals surface area contributed by atoms with E-state index in [2.05, 4.69) is 10.6 Å². The molecule has 2 aromatic carbocycles. The molecule has 1 aliphatic rings. The number of esters is 1. The van der Waals surface area contributed by atoms with Crippen molar-refractivity contribution in [2.45, 2.75) is 19.8 Å². The Labute approximate surface area is 209 Å². The number of amides is 3. The molecular weight excluding hydrogens is 466 g/mol. The minimum Gasteiger partial charge on any atom is -0.497 e.